The predicted molar refractivity (Wildman–Crippen MR) is 100.0 cm³/mol. The number of anilines is 3. The number of hydrogen-bond acceptors (Lipinski definition) is 6. The highest BCUT2D eigenvalue weighted by molar-refractivity contribution is 7.98. The van der Waals surface area contributed by atoms with E-state index in [-0.39, 0.29) is 5.95 Å². The molecule has 3 aromatic rings. The van der Waals surface area contributed by atoms with Crippen molar-refractivity contribution in [1.82, 2.24) is 15.0 Å². The van der Waals surface area contributed by atoms with Crippen LogP contribution < -0.4 is 11.1 Å². The summed E-state index contributed by atoms with van der Waals surface area (Å²) in [5, 5.41) is 4.29. The molecule has 0 aliphatic heterocycles. The molecule has 0 saturated carbocycles. The lowest BCUT2D eigenvalue weighted by Crippen LogP contribution is -2.06. The van der Waals surface area contributed by atoms with Crippen LogP contribution in [0, 0.1) is 0 Å². The Morgan fingerprint density at radius 2 is 1.62 bits per heavy atom. The quantitative estimate of drug-likeness (QED) is 0.622. The summed E-state index contributed by atoms with van der Waals surface area (Å²) in [6, 6.07) is 15.0. The Labute approximate surface area is 153 Å². The zero-order chi connectivity index (χ0) is 16.9. The van der Waals surface area contributed by atoms with Crippen LogP contribution in [0.1, 0.15) is 5.82 Å². The lowest BCUT2D eigenvalue weighted by Gasteiger charge is -2.08. The molecule has 0 aliphatic rings. The van der Waals surface area contributed by atoms with Crippen LogP contribution in [0.2, 0.25) is 10.0 Å². The van der Waals surface area contributed by atoms with Crippen molar-refractivity contribution in [1.29, 1.82) is 0 Å². The van der Waals surface area contributed by atoms with Gasteiger partial charge in [-0.3, -0.25) is 0 Å². The molecule has 0 spiro atoms. The molecule has 5 nitrogen and oxygen atoms in total. The molecule has 122 valence electrons. The normalized spacial score (nSPS) is 10.6. The number of nitrogen functional groups attached to an aromatic ring is 1. The number of nitrogens with zero attached hydrogens (tertiary/aromatic N) is 3. The fourth-order valence-corrected chi connectivity index (χ4v) is 3.51. The van der Waals surface area contributed by atoms with Crippen LogP contribution >= 0.6 is 35.0 Å². The fourth-order valence-electron chi connectivity index (χ4n) is 1.97. The predicted octanol–water partition coefficient (Wildman–Crippen LogP) is 4.80. The average molecular weight is 378 g/mol. The molecular weight excluding hydrogens is 365 g/mol. The molecule has 0 bridgehead atoms. The van der Waals surface area contributed by atoms with Crippen LogP contribution in [0.4, 0.5) is 17.6 Å². The molecule has 3 rings (SSSR count). The van der Waals surface area contributed by atoms with Gasteiger partial charge >= 0.3 is 0 Å². The summed E-state index contributed by atoms with van der Waals surface area (Å²) >= 11 is 13.8. The maximum absolute atomic E-state index is 6.17. The second-order valence-corrected chi connectivity index (χ2v) is 6.56. The van der Waals surface area contributed by atoms with Crippen molar-refractivity contribution in [2.24, 2.45) is 0 Å². The highest BCUT2D eigenvalue weighted by Crippen LogP contribution is 2.35. The minimum Gasteiger partial charge on any atom is -0.368 e. The zero-order valence-electron chi connectivity index (χ0n) is 12.4. The van der Waals surface area contributed by atoms with Gasteiger partial charge in [-0.25, -0.2) is 0 Å². The summed E-state index contributed by atoms with van der Waals surface area (Å²) in [4.78, 5) is 13.4. The maximum atomic E-state index is 6.17. The van der Waals surface area contributed by atoms with Gasteiger partial charge in [0.05, 0.1) is 15.8 Å². The van der Waals surface area contributed by atoms with E-state index in [1.54, 1.807) is 18.2 Å². The van der Waals surface area contributed by atoms with E-state index in [0.29, 0.717) is 27.6 Å². The van der Waals surface area contributed by atoms with E-state index >= 15 is 0 Å². The smallest absolute Gasteiger partial charge is 0.232 e. The van der Waals surface area contributed by atoms with E-state index in [2.05, 4.69) is 20.3 Å². The number of benzene rings is 2. The van der Waals surface area contributed by atoms with Gasteiger partial charge in [-0.1, -0.05) is 47.5 Å². The molecule has 1 heterocycles. The third-order valence-corrected chi connectivity index (χ3v) is 4.98. The van der Waals surface area contributed by atoms with E-state index in [1.807, 2.05) is 30.3 Å². The van der Waals surface area contributed by atoms with Crippen molar-refractivity contribution in [2.75, 3.05) is 11.1 Å². The zero-order valence-corrected chi connectivity index (χ0v) is 14.7. The monoisotopic (exact) mass is 377 g/mol. The molecule has 0 unspecified atom stereocenters. The summed E-state index contributed by atoms with van der Waals surface area (Å²) < 4.78 is 0. The van der Waals surface area contributed by atoms with Gasteiger partial charge in [0.15, 0.2) is 0 Å². The molecule has 0 aliphatic carbocycles. The molecule has 0 amide bonds. The first-order valence-electron chi connectivity index (χ1n) is 7.01. The van der Waals surface area contributed by atoms with E-state index < -0.39 is 0 Å². The van der Waals surface area contributed by atoms with Gasteiger partial charge in [-0.2, -0.15) is 15.0 Å². The van der Waals surface area contributed by atoms with Crippen molar-refractivity contribution < 1.29 is 0 Å². The highest BCUT2D eigenvalue weighted by Gasteiger charge is 2.10. The van der Waals surface area contributed by atoms with Gasteiger partial charge in [-0.05, 0) is 24.3 Å². The van der Waals surface area contributed by atoms with Crippen molar-refractivity contribution >= 4 is 52.5 Å². The van der Waals surface area contributed by atoms with Crippen molar-refractivity contribution in [3.63, 3.8) is 0 Å². The first-order chi connectivity index (χ1) is 11.6. The second kappa shape index (κ2) is 7.70. The molecule has 2 aromatic carbocycles. The summed E-state index contributed by atoms with van der Waals surface area (Å²) in [6.45, 7) is 0. The van der Waals surface area contributed by atoms with E-state index in [0.717, 1.165) is 10.6 Å². The number of nitrogens with one attached hydrogen (secondary N) is 1. The molecule has 0 fully saturated rings. The van der Waals surface area contributed by atoms with Crippen molar-refractivity contribution in [2.45, 2.75) is 10.6 Å². The first-order valence-corrected chi connectivity index (χ1v) is 8.75. The van der Waals surface area contributed by atoms with Gasteiger partial charge in [-0.15, -0.1) is 11.8 Å². The average Bonchev–Trinajstić information content (AvgIpc) is 2.55. The number of halogens is 2. The second-order valence-electron chi connectivity index (χ2n) is 4.76. The van der Waals surface area contributed by atoms with Gasteiger partial charge in [0.25, 0.3) is 0 Å². The summed E-state index contributed by atoms with van der Waals surface area (Å²) in [6.07, 6.45) is 0. The van der Waals surface area contributed by atoms with Crippen LogP contribution in [0.25, 0.3) is 0 Å². The summed E-state index contributed by atoms with van der Waals surface area (Å²) in [5.74, 6) is 1.57. The molecular formula is C16H13Cl2N5S. The minimum absolute atomic E-state index is 0.157. The van der Waals surface area contributed by atoms with Crippen LogP contribution in [0.15, 0.2) is 53.4 Å². The van der Waals surface area contributed by atoms with Crippen LogP contribution in [-0.2, 0) is 5.75 Å². The third-order valence-electron chi connectivity index (χ3n) is 2.99. The molecule has 0 saturated heterocycles. The lowest BCUT2D eigenvalue weighted by molar-refractivity contribution is 0.982. The lowest BCUT2D eigenvalue weighted by atomic mass is 10.3. The molecule has 1 aromatic heterocycles. The van der Waals surface area contributed by atoms with Gasteiger partial charge in [0, 0.05) is 10.6 Å². The summed E-state index contributed by atoms with van der Waals surface area (Å²) in [7, 11) is 0. The number of hydrogen-bond donors (Lipinski definition) is 2. The molecule has 8 heteroatoms. The summed E-state index contributed by atoms with van der Waals surface area (Å²) in [5.41, 5.74) is 6.65. The molecule has 0 radical (unpaired) electrons. The molecule has 0 atom stereocenters. The fraction of sp³-hybridized carbons (Fsp3) is 0.0625. The molecule has 3 N–H and O–H groups in total. The number of aromatic nitrogens is 3. The van der Waals surface area contributed by atoms with E-state index in [9.17, 15) is 0 Å². The highest BCUT2D eigenvalue weighted by atomic mass is 35.5. The Morgan fingerprint density at radius 3 is 2.33 bits per heavy atom. The van der Waals surface area contributed by atoms with Gasteiger partial charge < -0.3 is 11.1 Å². The first kappa shape index (κ1) is 16.8. The Kier molecular flexibility index (Phi) is 5.40. The van der Waals surface area contributed by atoms with E-state index in [1.165, 1.54) is 11.8 Å². The van der Waals surface area contributed by atoms with Crippen molar-refractivity contribution in [3.05, 3.63) is 64.4 Å². The van der Waals surface area contributed by atoms with E-state index in [4.69, 9.17) is 28.9 Å². The SMILES string of the molecule is Nc1nc(CSc2c(Cl)cccc2Cl)nc(Nc2ccccc2)n1. The number of nitrogens with two attached hydrogens (primary N) is 1. The Bertz CT molecular complexity index is 825. The Morgan fingerprint density at radius 1 is 0.917 bits per heavy atom. The van der Waals surface area contributed by atoms with Crippen LogP contribution in [0.3, 0.4) is 0 Å². The molecule has 24 heavy (non-hydrogen) atoms. The van der Waals surface area contributed by atoms with Crippen molar-refractivity contribution in [3.8, 4) is 0 Å². The standard InChI is InChI=1S/C16H13Cl2N5S/c17-11-7-4-8-12(18)14(11)24-9-13-21-15(19)23-16(22-13)20-10-5-2-1-3-6-10/h1-8H,9H2,(H3,19,20,21,22,23). The Balaban J connectivity index is 1.77. The van der Waals surface area contributed by atoms with Crippen LogP contribution in [-0.4, -0.2) is 15.0 Å². The van der Waals surface area contributed by atoms with Gasteiger partial charge in [0.2, 0.25) is 11.9 Å². The number of rotatable bonds is 5. The Hall–Kier alpha value is -2.02. The van der Waals surface area contributed by atoms with Gasteiger partial charge in [0.1, 0.15) is 5.82 Å². The minimum atomic E-state index is 0.157. The third kappa shape index (κ3) is 4.29. The topological polar surface area (TPSA) is 76.7 Å². The number of para-hydroxylation sites is 1. The number of thioether (sulfide) groups is 1. The largest absolute Gasteiger partial charge is 0.368 e. The maximum Gasteiger partial charge on any atom is 0.232 e. The van der Waals surface area contributed by atoms with Crippen LogP contribution in [0.5, 0.6) is 0 Å².